The van der Waals surface area contributed by atoms with Gasteiger partial charge in [-0.3, -0.25) is 14.9 Å². The van der Waals surface area contributed by atoms with Gasteiger partial charge in [-0.15, -0.1) is 0 Å². The second kappa shape index (κ2) is 5.10. The van der Waals surface area contributed by atoms with Crippen LogP contribution in [-0.4, -0.2) is 41.2 Å². The van der Waals surface area contributed by atoms with Gasteiger partial charge in [-0.05, 0) is 0 Å². The Morgan fingerprint density at radius 2 is 1.88 bits per heavy atom. The minimum atomic E-state index is 0.0739. The molecule has 0 aromatic carbocycles. The number of aromatic nitrogens is 2. The molecule has 2 rings (SSSR count). The number of rotatable bonds is 2. The number of nitrogens with zero attached hydrogens (tertiary/aromatic N) is 3. The molecule has 1 saturated heterocycles. The van der Waals surface area contributed by atoms with E-state index >= 15 is 0 Å². The zero-order valence-electron chi connectivity index (χ0n) is 10.9. The molecule has 2 heterocycles. The van der Waals surface area contributed by atoms with Gasteiger partial charge in [-0.2, -0.15) is 0 Å². The van der Waals surface area contributed by atoms with Crippen LogP contribution in [0.15, 0.2) is 12.4 Å². The number of hydrogen-bond acceptors (Lipinski definition) is 4. The van der Waals surface area contributed by atoms with Crippen molar-refractivity contribution < 1.29 is 4.74 Å². The van der Waals surface area contributed by atoms with E-state index in [0.717, 1.165) is 44.2 Å². The Morgan fingerprint density at radius 3 is 2.41 bits per heavy atom. The quantitative estimate of drug-likeness (QED) is 0.780. The molecular weight excluding hydrogens is 214 g/mol. The van der Waals surface area contributed by atoms with E-state index in [2.05, 4.69) is 35.6 Å². The van der Waals surface area contributed by atoms with Crippen molar-refractivity contribution in [2.45, 2.75) is 32.7 Å². The molecule has 1 aromatic rings. The molecule has 0 radical (unpaired) electrons. The second-order valence-electron chi connectivity index (χ2n) is 5.53. The van der Waals surface area contributed by atoms with Crippen LogP contribution in [-0.2, 0) is 16.7 Å². The van der Waals surface area contributed by atoms with Crippen LogP contribution in [0, 0.1) is 0 Å². The standard InChI is InChI=1S/C13H21N3O/c1-13(2,3)12-9-14-11(8-15-12)10-16-4-6-17-7-5-16/h8-9H,4-7,10H2,1-3H3. The zero-order chi connectivity index (χ0) is 12.3. The smallest absolute Gasteiger partial charge is 0.0727 e. The molecule has 94 valence electrons. The minimum Gasteiger partial charge on any atom is -0.379 e. The molecule has 0 bridgehead atoms. The third-order valence-electron chi connectivity index (χ3n) is 2.96. The van der Waals surface area contributed by atoms with Gasteiger partial charge in [0.2, 0.25) is 0 Å². The van der Waals surface area contributed by atoms with Crippen molar-refractivity contribution >= 4 is 0 Å². The summed E-state index contributed by atoms with van der Waals surface area (Å²) in [5, 5.41) is 0. The highest BCUT2D eigenvalue weighted by atomic mass is 16.5. The van der Waals surface area contributed by atoms with E-state index in [9.17, 15) is 0 Å². The highest BCUT2D eigenvalue weighted by Gasteiger charge is 2.16. The largest absolute Gasteiger partial charge is 0.379 e. The van der Waals surface area contributed by atoms with Gasteiger partial charge >= 0.3 is 0 Å². The van der Waals surface area contributed by atoms with Crippen LogP contribution in [0.1, 0.15) is 32.2 Å². The Bertz CT molecular complexity index is 350. The average molecular weight is 235 g/mol. The summed E-state index contributed by atoms with van der Waals surface area (Å²) in [7, 11) is 0. The molecule has 4 nitrogen and oxygen atoms in total. The third kappa shape index (κ3) is 3.48. The van der Waals surface area contributed by atoms with Crippen molar-refractivity contribution in [3.05, 3.63) is 23.8 Å². The fourth-order valence-corrected chi connectivity index (χ4v) is 1.81. The van der Waals surface area contributed by atoms with Gasteiger partial charge in [0.25, 0.3) is 0 Å². The van der Waals surface area contributed by atoms with E-state index < -0.39 is 0 Å². The van der Waals surface area contributed by atoms with Gasteiger partial charge in [-0.1, -0.05) is 20.8 Å². The molecule has 0 atom stereocenters. The average Bonchev–Trinajstić information content (AvgIpc) is 2.30. The highest BCUT2D eigenvalue weighted by Crippen LogP contribution is 2.18. The summed E-state index contributed by atoms with van der Waals surface area (Å²) in [6.07, 6.45) is 3.80. The molecule has 17 heavy (non-hydrogen) atoms. The van der Waals surface area contributed by atoms with E-state index in [4.69, 9.17) is 4.74 Å². The van der Waals surface area contributed by atoms with Crippen LogP contribution in [0.4, 0.5) is 0 Å². The molecule has 0 saturated carbocycles. The second-order valence-corrected chi connectivity index (χ2v) is 5.53. The van der Waals surface area contributed by atoms with E-state index in [-0.39, 0.29) is 5.41 Å². The first-order valence-corrected chi connectivity index (χ1v) is 6.17. The van der Waals surface area contributed by atoms with E-state index in [1.807, 2.05) is 12.4 Å². The van der Waals surface area contributed by atoms with Gasteiger partial charge in [0.05, 0.1) is 30.8 Å². The minimum absolute atomic E-state index is 0.0739. The van der Waals surface area contributed by atoms with Gasteiger partial charge in [0.1, 0.15) is 0 Å². The SMILES string of the molecule is CC(C)(C)c1cnc(CN2CCOCC2)cn1. The molecule has 1 fully saturated rings. The van der Waals surface area contributed by atoms with Gasteiger partial charge in [0.15, 0.2) is 0 Å². The van der Waals surface area contributed by atoms with Crippen LogP contribution < -0.4 is 0 Å². The summed E-state index contributed by atoms with van der Waals surface area (Å²) in [4.78, 5) is 11.3. The topological polar surface area (TPSA) is 38.2 Å². The van der Waals surface area contributed by atoms with Gasteiger partial charge in [-0.25, -0.2) is 0 Å². The number of morpholine rings is 1. The highest BCUT2D eigenvalue weighted by molar-refractivity contribution is 5.10. The Morgan fingerprint density at radius 1 is 1.18 bits per heavy atom. The van der Waals surface area contributed by atoms with E-state index in [1.54, 1.807) is 0 Å². The first kappa shape index (κ1) is 12.5. The van der Waals surface area contributed by atoms with E-state index in [0.29, 0.717) is 0 Å². The van der Waals surface area contributed by atoms with Crippen LogP contribution in [0.25, 0.3) is 0 Å². The summed E-state index contributed by atoms with van der Waals surface area (Å²) < 4.78 is 5.32. The normalized spacial score (nSPS) is 18.3. The molecule has 1 aliphatic rings. The van der Waals surface area contributed by atoms with Crippen molar-refractivity contribution in [2.24, 2.45) is 0 Å². The fraction of sp³-hybridized carbons (Fsp3) is 0.692. The van der Waals surface area contributed by atoms with Crippen molar-refractivity contribution in [1.29, 1.82) is 0 Å². The van der Waals surface area contributed by atoms with E-state index in [1.165, 1.54) is 0 Å². The lowest BCUT2D eigenvalue weighted by Gasteiger charge is -2.26. The Kier molecular flexibility index (Phi) is 3.74. The molecule has 1 aliphatic heterocycles. The first-order valence-electron chi connectivity index (χ1n) is 6.17. The molecule has 0 spiro atoms. The Hall–Kier alpha value is -1.00. The van der Waals surface area contributed by atoms with Gasteiger partial charge < -0.3 is 4.74 Å². The molecule has 0 amide bonds. The summed E-state index contributed by atoms with van der Waals surface area (Å²) >= 11 is 0. The third-order valence-corrected chi connectivity index (χ3v) is 2.96. The summed E-state index contributed by atoms with van der Waals surface area (Å²) in [5.74, 6) is 0. The maximum atomic E-state index is 5.32. The van der Waals surface area contributed by atoms with Crippen LogP contribution in [0.3, 0.4) is 0 Å². The molecule has 1 aromatic heterocycles. The molecule has 4 heteroatoms. The summed E-state index contributed by atoms with van der Waals surface area (Å²) in [6, 6.07) is 0. The molecule has 0 aliphatic carbocycles. The fourth-order valence-electron chi connectivity index (χ4n) is 1.81. The first-order chi connectivity index (χ1) is 8.05. The predicted octanol–water partition coefficient (Wildman–Crippen LogP) is 1.61. The van der Waals surface area contributed by atoms with Crippen molar-refractivity contribution in [3.8, 4) is 0 Å². The monoisotopic (exact) mass is 235 g/mol. The molecule has 0 unspecified atom stereocenters. The van der Waals surface area contributed by atoms with Gasteiger partial charge in [0, 0.05) is 31.2 Å². The summed E-state index contributed by atoms with van der Waals surface area (Å²) in [5.41, 5.74) is 2.16. The lowest BCUT2D eigenvalue weighted by atomic mass is 9.93. The summed E-state index contributed by atoms with van der Waals surface area (Å²) in [6.45, 7) is 11.0. The Balaban J connectivity index is 1.98. The van der Waals surface area contributed by atoms with Crippen molar-refractivity contribution in [2.75, 3.05) is 26.3 Å². The number of ether oxygens (including phenoxy) is 1. The number of hydrogen-bond donors (Lipinski definition) is 0. The van der Waals surface area contributed by atoms with Crippen molar-refractivity contribution in [1.82, 2.24) is 14.9 Å². The molecule has 0 N–H and O–H groups in total. The lowest BCUT2D eigenvalue weighted by molar-refractivity contribution is 0.0336. The maximum absolute atomic E-state index is 5.32. The maximum Gasteiger partial charge on any atom is 0.0727 e. The Labute approximate surface area is 103 Å². The van der Waals surface area contributed by atoms with Crippen molar-refractivity contribution in [3.63, 3.8) is 0 Å². The van der Waals surface area contributed by atoms with Crippen LogP contribution in [0.2, 0.25) is 0 Å². The van der Waals surface area contributed by atoms with Crippen LogP contribution in [0.5, 0.6) is 0 Å². The predicted molar refractivity (Wildman–Crippen MR) is 66.8 cm³/mol. The lowest BCUT2D eigenvalue weighted by Crippen LogP contribution is -2.35. The molecular formula is C13H21N3O. The van der Waals surface area contributed by atoms with Crippen LogP contribution >= 0.6 is 0 Å². The zero-order valence-corrected chi connectivity index (χ0v) is 10.9.